The molecule has 3 fully saturated rings. The van der Waals surface area contributed by atoms with Crippen LogP contribution in [0.3, 0.4) is 0 Å². The molecule has 0 aromatic carbocycles. The van der Waals surface area contributed by atoms with Crippen molar-refractivity contribution in [2.24, 2.45) is 0 Å². The topological polar surface area (TPSA) is 29.5 Å². The van der Waals surface area contributed by atoms with Crippen molar-refractivity contribution in [3.63, 3.8) is 0 Å². The van der Waals surface area contributed by atoms with Gasteiger partial charge in [-0.05, 0) is 12.8 Å². The van der Waals surface area contributed by atoms with Crippen molar-refractivity contribution in [2.75, 3.05) is 6.61 Å². The molecule has 3 rings (SSSR count). The van der Waals surface area contributed by atoms with E-state index in [1.54, 1.807) is 0 Å². The van der Waals surface area contributed by atoms with Crippen molar-refractivity contribution >= 4 is 0 Å². The molecular formula is C6H10O2. The van der Waals surface area contributed by atoms with Crippen LogP contribution >= 0.6 is 0 Å². The highest BCUT2D eigenvalue weighted by molar-refractivity contribution is 5.00. The van der Waals surface area contributed by atoms with Crippen molar-refractivity contribution in [1.82, 2.24) is 0 Å². The second-order valence-electron chi connectivity index (χ2n) is 2.82. The minimum Gasteiger partial charge on any atom is -0.393 e. The van der Waals surface area contributed by atoms with Crippen molar-refractivity contribution in [1.29, 1.82) is 0 Å². The third kappa shape index (κ3) is 0.400. The Bertz CT molecular complexity index is 99.6. The van der Waals surface area contributed by atoms with Crippen LogP contribution in [0.4, 0.5) is 0 Å². The molecule has 2 aliphatic heterocycles. The minimum absolute atomic E-state index is 0.0648. The predicted octanol–water partition coefficient (Wildman–Crippen LogP) is 0.300. The molecule has 2 heterocycles. The van der Waals surface area contributed by atoms with E-state index in [4.69, 9.17) is 9.84 Å². The lowest BCUT2D eigenvalue weighted by Crippen LogP contribution is -2.44. The summed E-state index contributed by atoms with van der Waals surface area (Å²) in [5.74, 6) is 0. The van der Waals surface area contributed by atoms with Gasteiger partial charge in [-0.15, -0.1) is 0 Å². The van der Waals surface area contributed by atoms with Gasteiger partial charge in [-0.3, -0.25) is 0 Å². The number of fused-ring (bicyclic) bond motifs is 1. The van der Waals surface area contributed by atoms with Gasteiger partial charge >= 0.3 is 0 Å². The van der Waals surface area contributed by atoms with Crippen molar-refractivity contribution in [3.8, 4) is 0 Å². The third-order valence-corrected chi connectivity index (χ3v) is 2.23. The Morgan fingerprint density at radius 3 is 2.75 bits per heavy atom. The monoisotopic (exact) mass is 114 g/mol. The molecule has 1 N–H and O–H groups in total. The molecule has 2 atom stereocenters. The fourth-order valence-electron chi connectivity index (χ4n) is 1.69. The summed E-state index contributed by atoms with van der Waals surface area (Å²) >= 11 is 0. The number of aliphatic hydroxyl groups is 1. The first-order valence-electron chi connectivity index (χ1n) is 3.13. The van der Waals surface area contributed by atoms with E-state index in [0.717, 1.165) is 12.8 Å². The van der Waals surface area contributed by atoms with Crippen LogP contribution in [0.5, 0.6) is 0 Å². The highest BCUT2D eigenvalue weighted by Crippen LogP contribution is 2.46. The van der Waals surface area contributed by atoms with Crippen LogP contribution in [0.1, 0.15) is 19.3 Å². The van der Waals surface area contributed by atoms with E-state index >= 15 is 0 Å². The molecule has 8 heavy (non-hydrogen) atoms. The van der Waals surface area contributed by atoms with Gasteiger partial charge in [0.2, 0.25) is 0 Å². The Hall–Kier alpha value is -0.0800. The first-order chi connectivity index (χ1) is 3.85. The molecule has 2 saturated heterocycles. The van der Waals surface area contributed by atoms with Gasteiger partial charge in [0.05, 0.1) is 18.3 Å². The Morgan fingerprint density at radius 2 is 2.50 bits per heavy atom. The lowest BCUT2D eigenvalue weighted by atomic mass is 9.99. The quantitative estimate of drug-likeness (QED) is 0.531. The Balaban J connectivity index is 2.09. The van der Waals surface area contributed by atoms with Gasteiger partial charge in [0.15, 0.2) is 0 Å². The Labute approximate surface area is 48.5 Å². The highest BCUT2D eigenvalue weighted by atomic mass is 16.6. The summed E-state index contributed by atoms with van der Waals surface area (Å²) in [4.78, 5) is 0. The van der Waals surface area contributed by atoms with Gasteiger partial charge in [-0.2, -0.15) is 0 Å². The molecule has 2 bridgehead atoms. The first-order valence-corrected chi connectivity index (χ1v) is 3.13. The summed E-state index contributed by atoms with van der Waals surface area (Å²) in [5, 5.41) is 8.74. The molecule has 46 valence electrons. The van der Waals surface area contributed by atoms with Crippen LogP contribution in [0, 0.1) is 0 Å². The van der Waals surface area contributed by atoms with Gasteiger partial charge < -0.3 is 9.84 Å². The molecule has 1 aliphatic carbocycles. The zero-order valence-electron chi connectivity index (χ0n) is 4.76. The second kappa shape index (κ2) is 1.25. The number of ether oxygens (including phenoxy) is 1. The smallest absolute Gasteiger partial charge is 0.0941 e. The molecule has 0 aromatic rings. The Kier molecular flexibility index (Phi) is 0.746. The average Bonchev–Trinajstić information content (AvgIpc) is 2.17. The molecule has 1 saturated carbocycles. The number of rotatable bonds is 1. The van der Waals surface area contributed by atoms with Gasteiger partial charge in [0.25, 0.3) is 0 Å². The zero-order chi connectivity index (χ0) is 5.61. The summed E-state index contributed by atoms with van der Waals surface area (Å²) in [6, 6.07) is 0. The molecule has 0 amide bonds. The van der Waals surface area contributed by atoms with Crippen LogP contribution < -0.4 is 0 Å². The molecular weight excluding hydrogens is 104 g/mol. The third-order valence-electron chi connectivity index (χ3n) is 2.23. The van der Waals surface area contributed by atoms with Gasteiger partial charge in [0.1, 0.15) is 0 Å². The van der Waals surface area contributed by atoms with E-state index in [1.165, 1.54) is 6.42 Å². The number of hydrogen-bond donors (Lipinski definition) is 1. The van der Waals surface area contributed by atoms with E-state index in [2.05, 4.69) is 0 Å². The maximum Gasteiger partial charge on any atom is 0.0941 e. The summed E-state index contributed by atoms with van der Waals surface area (Å²) in [6.07, 6.45) is 3.85. The lowest BCUT2D eigenvalue weighted by Gasteiger charge is -2.36. The van der Waals surface area contributed by atoms with Crippen LogP contribution in [0.15, 0.2) is 0 Å². The van der Waals surface area contributed by atoms with Crippen LogP contribution in [0.2, 0.25) is 0 Å². The van der Waals surface area contributed by atoms with Gasteiger partial charge in [-0.1, -0.05) is 0 Å². The van der Waals surface area contributed by atoms with Crippen LogP contribution in [0.25, 0.3) is 0 Å². The van der Waals surface area contributed by atoms with Crippen LogP contribution in [-0.2, 0) is 4.74 Å². The van der Waals surface area contributed by atoms with E-state index < -0.39 is 0 Å². The van der Waals surface area contributed by atoms with Crippen LogP contribution in [-0.4, -0.2) is 23.4 Å². The summed E-state index contributed by atoms with van der Waals surface area (Å²) in [5.41, 5.74) is -0.0648. The average molecular weight is 114 g/mol. The molecule has 3 aliphatic rings. The fourth-order valence-corrected chi connectivity index (χ4v) is 1.69. The maximum atomic E-state index is 8.74. The summed E-state index contributed by atoms with van der Waals surface area (Å²) in [6.45, 7) is 0.226. The van der Waals surface area contributed by atoms with Gasteiger partial charge in [0, 0.05) is 6.42 Å². The van der Waals surface area contributed by atoms with E-state index in [9.17, 15) is 0 Å². The highest BCUT2D eigenvalue weighted by Gasteiger charge is 2.51. The second-order valence-corrected chi connectivity index (χ2v) is 2.82. The van der Waals surface area contributed by atoms with E-state index in [-0.39, 0.29) is 12.2 Å². The standard InChI is InChI=1S/C6H10O2/c7-4-6-2-1-5(3-6)8-6/h5,7H,1-4H2. The summed E-state index contributed by atoms with van der Waals surface area (Å²) < 4.78 is 5.34. The van der Waals surface area contributed by atoms with Crippen molar-refractivity contribution in [3.05, 3.63) is 0 Å². The SMILES string of the molecule is OCC12CCC(C1)O2. The van der Waals surface area contributed by atoms with E-state index in [0.29, 0.717) is 6.10 Å². The summed E-state index contributed by atoms with van der Waals surface area (Å²) in [7, 11) is 0. The molecule has 0 spiro atoms. The van der Waals surface area contributed by atoms with E-state index in [1.807, 2.05) is 0 Å². The maximum absolute atomic E-state index is 8.74. The molecule has 2 unspecified atom stereocenters. The number of hydrogen-bond acceptors (Lipinski definition) is 2. The predicted molar refractivity (Wildman–Crippen MR) is 28.5 cm³/mol. The Morgan fingerprint density at radius 1 is 1.75 bits per heavy atom. The molecule has 2 heteroatoms. The largest absolute Gasteiger partial charge is 0.393 e. The molecule has 0 aromatic heterocycles. The molecule has 0 radical (unpaired) electrons. The molecule has 2 nitrogen and oxygen atoms in total. The first kappa shape index (κ1) is 4.77. The number of aliphatic hydroxyl groups excluding tert-OH is 1. The lowest BCUT2D eigenvalue weighted by molar-refractivity contribution is -0.171. The minimum atomic E-state index is -0.0648. The zero-order valence-corrected chi connectivity index (χ0v) is 4.76. The van der Waals surface area contributed by atoms with Crippen molar-refractivity contribution in [2.45, 2.75) is 31.0 Å². The van der Waals surface area contributed by atoms with Crippen molar-refractivity contribution < 1.29 is 9.84 Å². The fraction of sp³-hybridized carbons (Fsp3) is 1.00. The normalized spacial score (nSPS) is 51.4. The van der Waals surface area contributed by atoms with Gasteiger partial charge in [-0.25, -0.2) is 0 Å².